The number of carbonyl (C=O) groups excluding carboxylic acids is 2. The Hall–Kier alpha value is -1.06. The molecule has 1 heterocycles. The summed E-state index contributed by atoms with van der Waals surface area (Å²) in [6, 6.07) is 0. The van der Waals surface area contributed by atoms with Gasteiger partial charge in [0.1, 0.15) is 11.1 Å². The van der Waals surface area contributed by atoms with Gasteiger partial charge in [0, 0.05) is 6.54 Å². The first-order chi connectivity index (χ1) is 9.93. The molecule has 2 rings (SSSR count). The van der Waals surface area contributed by atoms with E-state index in [1.54, 1.807) is 0 Å². The molecule has 0 aromatic rings. The van der Waals surface area contributed by atoms with E-state index < -0.39 is 11.1 Å². The van der Waals surface area contributed by atoms with Crippen LogP contribution in [0.4, 0.5) is 0 Å². The standard InChI is InChI=1S/C17H30N2O2/c1-5-13(6-2)12-19-15(21)16(4,7-3)18-14(20)17(19)10-8-9-11-17/h13H,5-12H2,1-4H3,(H,18,20). The van der Waals surface area contributed by atoms with Gasteiger partial charge in [-0.1, -0.05) is 46.5 Å². The van der Waals surface area contributed by atoms with Gasteiger partial charge in [-0.25, -0.2) is 0 Å². The second kappa shape index (κ2) is 5.98. The van der Waals surface area contributed by atoms with Crippen molar-refractivity contribution in [1.29, 1.82) is 0 Å². The molecule has 2 amide bonds. The highest BCUT2D eigenvalue weighted by molar-refractivity contribution is 6.02. The summed E-state index contributed by atoms with van der Waals surface area (Å²) in [7, 11) is 0. The topological polar surface area (TPSA) is 49.4 Å². The lowest BCUT2D eigenvalue weighted by atomic mass is 9.82. The van der Waals surface area contributed by atoms with E-state index in [4.69, 9.17) is 0 Å². The number of amides is 2. The first kappa shape index (κ1) is 16.3. The zero-order chi connectivity index (χ0) is 15.7. The average molecular weight is 294 g/mol. The molecule has 4 heteroatoms. The highest BCUT2D eigenvalue weighted by Gasteiger charge is 2.57. The zero-order valence-corrected chi connectivity index (χ0v) is 14.0. The van der Waals surface area contributed by atoms with Crippen molar-refractivity contribution in [3.63, 3.8) is 0 Å². The van der Waals surface area contributed by atoms with Crippen LogP contribution in [0.3, 0.4) is 0 Å². The minimum absolute atomic E-state index is 0.0786. The van der Waals surface area contributed by atoms with Crippen LogP contribution in [0.25, 0.3) is 0 Å². The third-order valence-electron chi connectivity index (χ3n) is 5.78. The Labute approximate surface area is 128 Å². The summed E-state index contributed by atoms with van der Waals surface area (Å²) in [6.07, 6.45) is 6.50. The van der Waals surface area contributed by atoms with Crippen LogP contribution in [0.15, 0.2) is 0 Å². The van der Waals surface area contributed by atoms with Crippen LogP contribution >= 0.6 is 0 Å². The second-order valence-electron chi connectivity index (χ2n) is 6.98. The van der Waals surface area contributed by atoms with Crippen molar-refractivity contribution in [3.05, 3.63) is 0 Å². The van der Waals surface area contributed by atoms with Crippen molar-refractivity contribution in [3.8, 4) is 0 Å². The molecule has 1 N–H and O–H groups in total. The van der Waals surface area contributed by atoms with Gasteiger partial charge in [0.15, 0.2) is 0 Å². The van der Waals surface area contributed by atoms with E-state index in [1.165, 1.54) is 0 Å². The number of nitrogens with zero attached hydrogens (tertiary/aromatic N) is 1. The van der Waals surface area contributed by atoms with E-state index in [-0.39, 0.29) is 11.8 Å². The fourth-order valence-corrected chi connectivity index (χ4v) is 3.79. The molecule has 4 nitrogen and oxygen atoms in total. The van der Waals surface area contributed by atoms with Gasteiger partial charge >= 0.3 is 0 Å². The first-order valence-corrected chi connectivity index (χ1v) is 8.58. The molecule has 0 aromatic carbocycles. The molecule has 2 aliphatic rings. The van der Waals surface area contributed by atoms with Crippen LogP contribution in [0, 0.1) is 5.92 Å². The lowest BCUT2D eigenvalue weighted by Crippen LogP contribution is -2.74. The quantitative estimate of drug-likeness (QED) is 0.847. The molecule has 1 saturated heterocycles. The van der Waals surface area contributed by atoms with Gasteiger partial charge in [-0.3, -0.25) is 9.59 Å². The van der Waals surface area contributed by atoms with Gasteiger partial charge in [0.25, 0.3) is 0 Å². The van der Waals surface area contributed by atoms with E-state index in [0.717, 1.165) is 45.1 Å². The lowest BCUT2D eigenvalue weighted by molar-refractivity contribution is -0.163. The van der Waals surface area contributed by atoms with Crippen LogP contribution < -0.4 is 5.32 Å². The Morgan fingerprint density at radius 1 is 1.14 bits per heavy atom. The Kier molecular flexibility index (Phi) is 4.64. The predicted molar refractivity (Wildman–Crippen MR) is 83.8 cm³/mol. The first-order valence-electron chi connectivity index (χ1n) is 8.58. The van der Waals surface area contributed by atoms with Crippen molar-refractivity contribution in [2.75, 3.05) is 6.54 Å². The lowest BCUT2D eigenvalue weighted by Gasteiger charge is -2.51. The molecule has 1 atom stereocenters. The summed E-state index contributed by atoms with van der Waals surface area (Å²) in [6.45, 7) is 8.91. The van der Waals surface area contributed by atoms with Crippen molar-refractivity contribution in [2.45, 2.75) is 83.7 Å². The number of piperazine rings is 1. The predicted octanol–water partition coefficient (Wildman–Crippen LogP) is 2.86. The van der Waals surface area contributed by atoms with Crippen LogP contribution in [-0.4, -0.2) is 34.3 Å². The maximum atomic E-state index is 13.1. The van der Waals surface area contributed by atoms with E-state index in [2.05, 4.69) is 19.2 Å². The number of hydrogen-bond acceptors (Lipinski definition) is 2. The minimum Gasteiger partial charge on any atom is -0.340 e. The molecule has 0 bridgehead atoms. The van der Waals surface area contributed by atoms with Crippen molar-refractivity contribution < 1.29 is 9.59 Å². The Morgan fingerprint density at radius 3 is 2.19 bits per heavy atom. The van der Waals surface area contributed by atoms with Gasteiger partial charge in [-0.2, -0.15) is 0 Å². The number of hydrogen-bond donors (Lipinski definition) is 1. The second-order valence-corrected chi connectivity index (χ2v) is 6.98. The van der Waals surface area contributed by atoms with E-state index in [1.807, 2.05) is 18.7 Å². The molecule has 1 aliphatic carbocycles. The number of carbonyl (C=O) groups is 2. The van der Waals surface area contributed by atoms with Crippen LogP contribution in [0.2, 0.25) is 0 Å². The molecular weight excluding hydrogens is 264 g/mol. The van der Waals surface area contributed by atoms with Gasteiger partial charge in [0.2, 0.25) is 11.8 Å². The number of nitrogens with one attached hydrogen (secondary N) is 1. The molecule has 1 saturated carbocycles. The number of rotatable bonds is 5. The van der Waals surface area contributed by atoms with Gasteiger partial charge in [-0.05, 0) is 32.1 Å². The third kappa shape index (κ3) is 2.58. The summed E-state index contributed by atoms with van der Waals surface area (Å²) < 4.78 is 0. The van der Waals surface area contributed by atoms with E-state index in [9.17, 15) is 9.59 Å². The monoisotopic (exact) mass is 294 g/mol. The fourth-order valence-electron chi connectivity index (χ4n) is 3.79. The maximum absolute atomic E-state index is 13.1. The van der Waals surface area contributed by atoms with E-state index in [0.29, 0.717) is 12.3 Å². The molecule has 2 fully saturated rings. The summed E-state index contributed by atoms with van der Waals surface area (Å²) in [5.74, 6) is 0.687. The molecule has 1 aliphatic heterocycles. The van der Waals surface area contributed by atoms with Gasteiger partial charge in [-0.15, -0.1) is 0 Å². The minimum atomic E-state index is -0.725. The van der Waals surface area contributed by atoms with Gasteiger partial charge < -0.3 is 10.2 Å². The van der Waals surface area contributed by atoms with Crippen molar-refractivity contribution in [1.82, 2.24) is 10.2 Å². The third-order valence-corrected chi connectivity index (χ3v) is 5.78. The summed E-state index contributed by atoms with van der Waals surface area (Å²) >= 11 is 0. The summed E-state index contributed by atoms with van der Waals surface area (Å²) in [5.41, 5.74) is -1.29. The maximum Gasteiger partial charge on any atom is 0.248 e. The normalized spacial score (nSPS) is 28.5. The molecule has 1 spiro atoms. The molecule has 0 radical (unpaired) electrons. The van der Waals surface area contributed by atoms with E-state index >= 15 is 0 Å². The highest BCUT2D eigenvalue weighted by atomic mass is 16.2. The smallest absolute Gasteiger partial charge is 0.248 e. The fraction of sp³-hybridized carbons (Fsp3) is 0.882. The Bertz CT molecular complexity index is 411. The average Bonchev–Trinajstić information content (AvgIpc) is 2.97. The van der Waals surface area contributed by atoms with Crippen molar-refractivity contribution >= 4 is 11.8 Å². The Morgan fingerprint density at radius 2 is 1.71 bits per heavy atom. The van der Waals surface area contributed by atoms with Crippen LogP contribution in [0.5, 0.6) is 0 Å². The van der Waals surface area contributed by atoms with Crippen LogP contribution in [0.1, 0.15) is 72.6 Å². The SMILES string of the molecule is CCC(CC)CN1C(=O)C(C)(CC)NC(=O)C12CCCC2. The molecule has 1 unspecified atom stereocenters. The van der Waals surface area contributed by atoms with Gasteiger partial charge in [0.05, 0.1) is 0 Å². The molecular formula is C17H30N2O2. The molecule has 21 heavy (non-hydrogen) atoms. The highest BCUT2D eigenvalue weighted by Crippen LogP contribution is 2.41. The zero-order valence-electron chi connectivity index (χ0n) is 14.0. The Balaban J connectivity index is 2.36. The summed E-state index contributed by atoms with van der Waals surface area (Å²) in [4.78, 5) is 27.8. The van der Waals surface area contributed by atoms with Crippen molar-refractivity contribution in [2.24, 2.45) is 5.92 Å². The van der Waals surface area contributed by atoms with Crippen LogP contribution in [-0.2, 0) is 9.59 Å². The molecule has 120 valence electrons. The largest absolute Gasteiger partial charge is 0.340 e. The summed E-state index contributed by atoms with van der Waals surface area (Å²) in [5, 5.41) is 3.03. The molecule has 0 aromatic heterocycles.